The molecule has 0 radical (unpaired) electrons. The van der Waals surface area contributed by atoms with Gasteiger partial charge in [0.1, 0.15) is 0 Å². The maximum atomic E-state index is 1.62. The Kier molecular flexibility index (Phi) is 1.70. The molecule has 0 N–H and O–H groups in total. The van der Waals surface area contributed by atoms with Crippen molar-refractivity contribution in [2.24, 2.45) is 23.7 Å². The van der Waals surface area contributed by atoms with E-state index in [4.69, 9.17) is 0 Å². The van der Waals surface area contributed by atoms with Crippen LogP contribution in [0.3, 0.4) is 0 Å². The standard InChI is InChI=1S/C12H20/c1-2-4-11-8-12(9-5-6-9)7-10(11)3-1/h9-12H,1-8H2. The second kappa shape index (κ2) is 2.75. The van der Waals surface area contributed by atoms with Crippen molar-refractivity contribution >= 4 is 0 Å². The summed E-state index contributed by atoms with van der Waals surface area (Å²) in [6.07, 6.45) is 12.6. The zero-order valence-corrected chi connectivity index (χ0v) is 7.97. The molecule has 3 rings (SSSR count). The van der Waals surface area contributed by atoms with Crippen LogP contribution < -0.4 is 0 Å². The van der Waals surface area contributed by atoms with E-state index in [1.165, 1.54) is 23.7 Å². The van der Waals surface area contributed by atoms with Crippen LogP contribution in [0.2, 0.25) is 0 Å². The highest BCUT2D eigenvalue weighted by Crippen LogP contribution is 2.52. The maximum absolute atomic E-state index is 1.62. The van der Waals surface area contributed by atoms with Gasteiger partial charge in [-0.3, -0.25) is 0 Å². The zero-order valence-electron chi connectivity index (χ0n) is 7.97. The van der Waals surface area contributed by atoms with Gasteiger partial charge in [-0.15, -0.1) is 0 Å². The Bertz CT molecular complexity index is 155. The summed E-state index contributed by atoms with van der Waals surface area (Å²) >= 11 is 0. The van der Waals surface area contributed by atoms with E-state index in [2.05, 4.69) is 0 Å². The Morgan fingerprint density at radius 2 is 1.08 bits per heavy atom. The van der Waals surface area contributed by atoms with Crippen LogP contribution in [0.5, 0.6) is 0 Å². The summed E-state index contributed by atoms with van der Waals surface area (Å²) in [5, 5.41) is 0. The van der Waals surface area contributed by atoms with Gasteiger partial charge >= 0.3 is 0 Å². The minimum absolute atomic E-state index is 1.17. The molecule has 0 aromatic rings. The quantitative estimate of drug-likeness (QED) is 0.555. The second-order valence-corrected chi connectivity index (χ2v) is 5.37. The average Bonchev–Trinajstić information content (AvgIpc) is 2.85. The van der Waals surface area contributed by atoms with Crippen LogP contribution in [0.1, 0.15) is 51.4 Å². The van der Waals surface area contributed by atoms with Crippen molar-refractivity contribution in [3.05, 3.63) is 0 Å². The third-order valence-corrected chi connectivity index (χ3v) is 4.57. The highest BCUT2D eigenvalue weighted by atomic mass is 14.5. The first-order valence-electron chi connectivity index (χ1n) is 5.93. The van der Waals surface area contributed by atoms with Gasteiger partial charge in [-0.05, 0) is 49.4 Å². The van der Waals surface area contributed by atoms with E-state index in [1.54, 1.807) is 51.4 Å². The fraction of sp³-hybridized carbons (Fsp3) is 1.00. The van der Waals surface area contributed by atoms with E-state index >= 15 is 0 Å². The summed E-state index contributed by atoms with van der Waals surface area (Å²) in [5.74, 6) is 4.71. The van der Waals surface area contributed by atoms with E-state index in [9.17, 15) is 0 Å². The van der Waals surface area contributed by atoms with Gasteiger partial charge in [0.05, 0.1) is 0 Å². The molecule has 68 valence electrons. The fourth-order valence-corrected chi connectivity index (χ4v) is 3.73. The summed E-state index contributed by atoms with van der Waals surface area (Å²) in [4.78, 5) is 0. The van der Waals surface area contributed by atoms with Gasteiger partial charge in [0.2, 0.25) is 0 Å². The molecule has 0 aromatic heterocycles. The molecule has 0 saturated heterocycles. The van der Waals surface area contributed by atoms with Crippen molar-refractivity contribution in [1.82, 2.24) is 0 Å². The van der Waals surface area contributed by atoms with Crippen molar-refractivity contribution in [1.29, 1.82) is 0 Å². The molecule has 0 amide bonds. The molecule has 0 nitrogen and oxygen atoms in total. The Balaban J connectivity index is 1.65. The van der Waals surface area contributed by atoms with E-state index in [0.29, 0.717) is 0 Å². The molecule has 0 aromatic carbocycles. The Morgan fingerprint density at radius 1 is 0.500 bits per heavy atom. The summed E-state index contributed by atoms with van der Waals surface area (Å²) in [5.41, 5.74) is 0. The molecule has 3 fully saturated rings. The molecule has 12 heavy (non-hydrogen) atoms. The highest BCUT2D eigenvalue weighted by molar-refractivity contribution is 4.92. The van der Waals surface area contributed by atoms with Crippen LogP contribution in [0.25, 0.3) is 0 Å². The largest absolute Gasteiger partial charge is 0.0530 e. The van der Waals surface area contributed by atoms with Crippen molar-refractivity contribution in [3.8, 4) is 0 Å². The fourth-order valence-electron chi connectivity index (χ4n) is 3.73. The Hall–Kier alpha value is 0. The molecule has 3 aliphatic carbocycles. The van der Waals surface area contributed by atoms with E-state index in [-0.39, 0.29) is 0 Å². The minimum Gasteiger partial charge on any atom is -0.0530 e. The lowest BCUT2D eigenvalue weighted by Gasteiger charge is -2.24. The highest BCUT2D eigenvalue weighted by Gasteiger charge is 2.41. The molecule has 0 heterocycles. The van der Waals surface area contributed by atoms with E-state index in [1.807, 2.05) is 0 Å². The third kappa shape index (κ3) is 1.20. The van der Waals surface area contributed by atoms with Gasteiger partial charge in [-0.25, -0.2) is 0 Å². The molecule has 3 saturated carbocycles. The average molecular weight is 164 g/mol. The molecular weight excluding hydrogens is 144 g/mol. The van der Waals surface area contributed by atoms with Gasteiger partial charge in [-0.1, -0.05) is 25.7 Å². The molecule has 0 heteroatoms. The lowest BCUT2D eigenvalue weighted by molar-refractivity contribution is 0.277. The molecular formula is C12H20. The van der Waals surface area contributed by atoms with E-state index < -0.39 is 0 Å². The van der Waals surface area contributed by atoms with Crippen molar-refractivity contribution in [2.45, 2.75) is 51.4 Å². The minimum atomic E-state index is 1.17. The summed E-state index contributed by atoms with van der Waals surface area (Å²) in [6, 6.07) is 0. The number of hydrogen-bond acceptors (Lipinski definition) is 0. The van der Waals surface area contributed by atoms with Gasteiger partial charge in [0.25, 0.3) is 0 Å². The molecule has 0 spiro atoms. The molecule has 2 unspecified atom stereocenters. The van der Waals surface area contributed by atoms with Crippen LogP contribution in [-0.4, -0.2) is 0 Å². The van der Waals surface area contributed by atoms with Crippen LogP contribution in [-0.2, 0) is 0 Å². The van der Waals surface area contributed by atoms with Crippen molar-refractivity contribution in [3.63, 3.8) is 0 Å². The first-order valence-corrected chi connectivity index (χ1v) is 5.93. The molecule has 0 bridgehead atoms. The van der Waals surface area contributed by atoms with E-state index in [0.717, 1.165) is 0 Å². The first-order chi connectivity index (χ1) is 5.93. The maximum Gasteiger partial charge on any atom is -0.0380 e. The van der Waals surface area contributed by atoms with Gasteiger partial charge in [0, 0.05) is 0 Å². The zero-order chi connectivity index (χ0) is 7.97. The van der Waals surface area contributed by atoms with Gasteiger partial charge in [-0.2, -0.15) is 0 Å². The summed E-state index contributed by atoms with van der Waals surface area (Å²) in [6.45, 7) is 0. The lowest BCUT2D eigenvalue weighted by atomic mass is 9.82. The molecule has 3 aliphatic rings. The summed E-state index contributed by atoms with van der Waals surface area (Å²) in [7, 11) is 0. The van der Waals surface area contributed by atoms with Gasteiger partial charge in [0.15, 0.2) is 0 Å². The summed E-state index contributed by atoms with van der Waals surface area (Å²) < 4.78 is 0. The second-order valence-electron chi connectivity index (χ2n) is 5.37. The van der Waals surface area contributed by atoms with Crippen LogP contribution in [0.4, 0.5) is 0 Å². The smallest absolute Gasteiger partial charge is 0.0380 e. The monoisotopic (exact) mass is 164 g/mol. The number of fused-ring (bicyclic) bond motifs is 1. The lowest BCUT2D eigenvalue weighted by Crippen LogP contribution is -2.12. The predicted molar refractivity (Wildman–Crippen MR) is 50.9 cm³/mol. The van der Waals surface area contributed by atoms with Gasteiger partial charge < -0.3 is 0 Å². The van der Waals surface area contributed by atoms with Crippen LogP contribution >= 0.6 is 0 Å². The molecule has 2 atom stereocenters. The number of hydrogen-bond donors (Lipinski definition) is 0. The SMILES string of the molecule is C1CCC2CC(C3CC3)CC2C1. The van der Waals surface area contributed by atoms with Crippen molar-refractivity contribution < 1.29 is 0 Å². The normalized spacial score (nSPS) is 47.5. The Labute approximate surface area is 75.7 Å². The number of rotatable bonds is 1. The Morgan fingerprint density at radius 3 is 1.58 bits per heavy atom. The first kappa shape index (κ1) is 7.41. The van der Waals surface area contributed by atoms with Crippen LogP contribution in [0.15, 0.2) is 0 Å². The topological polar surface area (TPSA) is 0 Å². The predicted octanol–water partition coefficient (Wildman–Crippen LogP) is 3.61. The van der Waals surface area contributed by atoms with Crippen LogP contribution in [0, 0.1) is 23.7 Å². The third-order valence-electron chi connectivity index (χ3n) is 4.57. The van der Waals surface area contributed by atoms with Crippen molar-refractivity contribution in [2.75, 3.05) is 0 Å². The molecule has 0 aliphatic heterocycles.